The molecule has 124 valence electrons. The van der Waals surface area contributed by atoms with Crippen LogP contribution >= 0.6 is 15.9 Å². The molecule has 1 aromatic rings. The monoisotopic (exact) mass is 378 g/mol. The van der Waals surface area contributed by atoms with Gasteiger partial charge in [-0.2, -0.15) is 0 Å². The van der Waals surface area contributed by atoms with Gasteiger partial charge in [0.25, 0.3) is 0 Å². The van der Waals surface area contributed by atoms with E-state index in [-0.39, 0.29) is 29.7 Å². The van der Waals surface area contributed by atoms with Crippen LogP contribution in [-0.4, -0.2) is 29.8 Å². The van der Waals surface area contributed by atoms with Gasteiger partial charge in [-0.15, -0.1) is 0 Å². The highest BCUT2D eigenvalue weighted by atomic mass is 79.9. The molecule has 1 saturated heterocycles. The van der Waals surface area contributed by atoms with Crippen LogP contribution in [0.2, 0.25) is 0 Å². The van der Waals surface area contributed by atoms with Crippen LogP contribution in [0.4, 0.5) is 0 Å². The fourth-order valence-electron chi connectivity index (χ4n) is 3.22. The number of hydrogen-bond acceptors (Lipinski definition) is 2. The van der Waals surface area contributed by atoms with Crippen LogP contribution in [0.1, 0.15) is 44.2 Å². The van der Waals surface area contributed by atoms with Gasteiger partial charge in [0.05, 0.1) is 12.0 Å². The zero-order valence-corrected chi connectivity index (χ0v) is 15.0. The number of likely N-dealkylation sites (tertiary alicyclic amines) is 1. The maximum atomic E-state index is 12.6. The molecule has 23 heavy (non-hydrogen) atoms. The molecule has 0 aromatic heterocycles. The summed E-state index contributed by atoms with van der Waals surface area (Å²) in [4.78, 5) is 26.7. The van der Waals surface area contributed by atoms with E-state index in [4.69, 9.17) is 0 Å². The summed E-state index contributed by atoms with van der Waals surface area (Å²) in [6.07, 6.45) is 3.82. The van der Waals surface area contributed by atoms with Gasteiger partial charge in [0, 0.05) is 23.5 Å². The lowest BCUT2D eigenvalue weighted by Crippen LogP contribution is -2.46. The molecule has 2 aliphatic rings. The fraction of sp³-hybridized carbons (Fsp3) is 0.556. The van der Waals surface area contributed by atoms with E-state index in [2.05, 4.69) is 21.2 Å². The van der Waals surface area contributed by atoms with Crippen molar-refractivity contribution in [2.24, 2.45) is 11.8 Å². The molecule has 0 unspecified atom stereocenters. The molecule has 1 aromatic carbocycles. The van der Waals surface area contributed by atoms with Crippen molar-refractivity contribution in [3.8, 4) is 0 Å². The molecule has 2 atom stereocenters. The average molecular weight is 379 g/mol. The SMILES string of the molecule is C[C@@H](NC(=O)[C@@H]1CCCN(C(=O)C2CC2)C1)c1ccccc1Br. The standard InChI is InChI=1S/C18H23BrN2O2/c1-12(15-6-2-3-7-16(15)19)20-17(22)14-5-4-10-21(11-14)18(23)13-8-9-13/h2-3,6-7,12-14H,4-5,8-11H2,1H3,(H,20,22)/t12-,14-/m1/s1. The van der Waals surface area contributed by atoms with Gasteiger partial charge in [0.2, 0.25) is 11.8 Å². The number of halogens is 1. The first kappa shape index (κ1) is 16.5. The zero-order chi connectivity index (χ0) is 16.4. The van der Waals surface area contributed by atoms with Crippen LogP contribution in [0.15, 0.2) is 28.7 Å². The van der Waals surface area contributed by atoms with Crippen molar-refractivity contribution in [2.45, 2.75) is 38.6 Å². The molecule has 2 amide bonds. The summed E-state index contributed by atoms with van der Waals surface area (Å²) < 4.78 is 1.00. The number of piperidine rings is 1. The molecule has 1 saturated carbocycles. The molecule has 0 bridgehead atoms. The Morgan fingerprint density at radius 3 is 2.65 bits per heavy atom. The number of benzene rings is 1. The first-order chi connectivity index (χ1) is 11.1. The molecule has 0 spiro atoms. The number of nitrogens with one attached hydrogen (secondary N) is 1. The maximum Gasteiger partial charge on any atom is 0.225 e. The van der Waals surface area contributed by atoms with Gasteiger partial charge in [-0.1, -0.05) is 34.1 Å². The summed E-state index contributed by atoms with van der Waals surface area (Å²) in [6.45, 7) is 3.37. The van der Waals surface area contributed by atoms with Crippen molar-refractivity contribution < 1.29 is 9.59 Å². The average Bonchev–Trinajstić information content (AvgIpc) is 3.39. The molecule has 0 radical (unpaired) electrons. The summed E-state index contributed by atoms with van der Waals surface area (Å²) >= 11 is 3.53. The minimum Gasteiger partial charge on any atom is -0.349 e. The second-order valence-corrected chi connectivity index (χ2v) is 7.50. The lowest BCUT2D eigenvalue weighted by molar-refractivity contribution is -0.137. The smallest absolute Gasteiger partial charge is 0.225 e. The third kappa shape index (κ3) is 3.94. The van der Waals surface area contributed by atoms with E-state index in [0.717, 1.165) is 42.3 Å². The van der Waals surface area contributed by atoms with Crippen molar-refractivity contribution in [2.75, 3.05) is 13.1 Å². The van der Waals surface area contributed by atoms with E-state index in [1.54, 1.807) is 0 Å². The van der Waals surface area contributed by atoms with E-state index in [1.807, 2.05) is 36.1 Å². The summed E-state index contributed by atoms with van der Waals surface area (Å²) in [5.74, 6) is 0.454. The van der Waals surface area contributed by atoms with Gasteiger partial charge in [-0.25, -0.2) is 0 Å². The van der Waals surface area contributed by atoms with Crippen molar-refractivity contribution in [1.29, 1.82) is 0 Å². The quantitative estimate of drug-likeness (QED) is 0.873. The van der Waals surface area contributed by atoms with Crippen LogP contribution in [0.3, 0.4) is 0 Å². The number of nitrogens with zero attached hydrogens (tertiary/aromatic N) is 1. The number of rotatable bonds is 4. The molecule has 5 heteroatoms. The molecule has 4 nitrogen and oxygen atoms in total. The third-order valence-electron chi connectivity index (χ3n) is 4.76. The number of hydrogen-bond donors (Lipinski definition) is 1. The molecule has 1 aliphatic heterocycles. The number of carbonyl (C=O) groups is 2. The minimum absolute atomic E-state index is 0.0485. The molecule has 1 aliphatic carbocycles. The van der Waals surface area contributed by atoms with Crippen LogP contribution < -0.4 is 5.32 Å². The van der Waals surface area contributed by atoms with Crippen molar-refractivity contribution in [1.82, 2.24) is 10.2 Å². The van der Waals surface area contributed by atoms with E-state index >= 15 is 0 Å². The summed E-state index contributed by atoms with van der Waals surface area (Å²) in [7, 11) is 0. The number of amides is 2. The second-order valence-electron chi connectivity index (χ2n) is 6.65. The molecule has 2 fully saturated rings. The Morgan fingerprint density at radius 1 is 1.22 bits per heavy atom. The Hall–Kier alpha value is -1.36. The van der Waals surface area contributed by atoms with Crippen LogP contribution in [0.5, 0.6) is 0 Å². The van der Waals surface area contributed by atoms with Crippen LogP contribution in [-0.2, 0) is 9.59 Å². The Labute approximate surface area is 145 Å². The van der Waals surface area contributed by atoms with Gasteiger partial charge in [0.15, 0.2) is 0 Å². The van der Waals surface area contributed by atoms with Gasteiger partial charge in [-0.3, -0.25) is 9.59 Å². The molecular weight excluding hydrogens is 356 g/mol. The zero-order valence-electron chi connectivity index (χ0n) is 13.4. The summed E-state index contributed by atoms with van der Waals surface area (Å²) in [6, 6.07) is 7.88. The lowest BCUT2D eigenvalue weighted by atomic mass is 9.96. The van der Waals surface area contributed by atoms with Crippen LogP contribution in [0, 0.1) is 11.8 Å². The van der Waals surface area contributed by atoms with E-state index in [9.17, 15) is 9.59 Å². The minimum atomic E-state index is -0.0867. The second kappa shape index (κ2) is 7.04. The highest BCUT2D eigenvalue weighted by molar-refractivity contribution is 9.10. The van der Waals surface area contributed by atoms with Crippen molar-refractivity contribution >= 4 is 27.7 Å². The highest BCUT2D eigenvalue weighted by Gasteiger charge is 2.36. The number of carbonyl (C=O) groups excluding carboxylic acids is 2. The first-order valence-electron chi connectivity index (χ1n) is 8.40. The fourth-order valence-corrected chi connectivity index (χ4v) is 3.84. The molecule has 1 N–H and O–H groups in total. The molecular formula is C18H23BrN2O2. The van der Waals surface area contributed by atoms with E-state index in [1.165, 1.54) is 0 Å². The molecule has 3 rings (SSSR count). The Morgan fingerprint density at radius 2 is 1.96 bits per heavy atom. The topological polar surface area (TPSA) is 49.4 Å². The summed E-state index contributed by atoms with van der Waals surface area (Å²) in [5.41, 5.74) is 1.07. The Bertz CT molecular complexity index is 600. The Balaban J connectivity index is 1.59. The lowest BCUT2D eigenvalue weighted by Gasteiger charge is -2.33. The van der Waals surface area contributed by atoms with E-state index in [0.29, 0.717) is 6.54 Å². The third-order valence-corrected chi connectivity index (χ3v) is 5.48. The Kier molecular flexibility index (Phi) is 5.05. The highest BCUT2D eigenvalue weighted by Crippen LogP contribution is 2.32. The van der Waals surface area contributed by atoms with Gasteiger partial charge in [0.1, 0.15) is 0 Å². The largest absolute Gasteiger partial charge is 0.349 e. The van der Waals surface area contributed by atoms with Gasteiger partial charge < -0.3 is 10.2 Å². The predicted octanol–water partition coefficient (Wildman–Crippen LogP) is 3.27. The van der Waals surface area contributed by atoms with Crippen LogP contribution in [0.25, 0.3) is 0 Å². The summed E-state index contributed by atoms with van der Waals surface area (Å²) in [5, 5.41) is 3.10. The molecule has 1 heterocycles. The van der Waals surface area contributed by atoms with Crippen molar-refractivity contribution in [3.05, 3.63) is 34.3 Å². The predicted molar refractivity (Wildman–Crippen MR) is 92.7 cm³/mol. The normalized spacial score (nSPS) is 22.5. The maximum absolute atomic E-state index is 12.6. The van der Waals surface area contributed by atoms with Crippen molar-refractivity contribution in [3.63, 3.8) is 0 Å². The van der Waals surface area contributed by atoms with E-state index < -0.39 is 0 Å². The van der Waals surface area contributed by atoms with Gasteiger partial charge in [-0.05, 0) is 44.2 Å². The first-order valence-corrected chi connectivity index (χ1v) is 9.19. The van der Waals surface area contributed by atoms with Gasteiger partial charge >= 0.3 is 0 Å².